The molecule has 0 saturated heterocycles. The lowest BCUT2D eigenvalue weighted by atomic mass is 10.0. The molecule has 0 bridgehead atoms. The third-order valence-electron chi connectivity index (χ3n) is 4.02. The quantitative estimate of drug-likeness (QED) is 0.454. The van der Waals surface area contributed by atoms with Crippen molar-refractivity contribution in [2.45, 2.75) is 39.7 Å². The molecule has 27 heavy (non-hydrogen) atoms. The van der Waals surface area contributed by atoms with Crippen LogP contribution in [0.1, 0.15) is 43.4 Å². The van der Waals surface area contributed by atoms with E-state index in [1.807, 2.05) is 25.1 Å². The predicted molar refractivity (Wildman–Crippen MR) is 104 cm³/mol. The van der Waals surface area contributed by atoms with E-state index in [9.17, 15) is 14.9 Å². The molecule has 2 aromatic carbocycles. The van der Waals surface area contributed by atoms with Crippen molar-refractivity contribution in [3.63, 3.8) is 0 Å². The summed E-state index contributed by atoms with van der Waals surface area (Å²) < 4.78 is 5.78. The molecule has 7 heteroatoms. The average molecular weight is 369 g/mol. The molecule has 0 saturated carbocycles. The first-order valence-corrected chi connectivity index (χ1v) is 8.62. The van der Waals surface area contributed by atoms with Crippen LogP contribution in [0.2, 0.25) is 0 Å². The van der Waals surface area contributed by atoms with Crippen molar-refractivity contribution >= 4 is 17.8 Å². The monoisotopic (exact) mass is 369 g/mol. The third kappa shape index (κ3) is 5.64. The van der Waals surface area contributed by atoms with Crippen LogP contribution in [-0.4, -0.2) is 23.1 Å². The lowest BCUT2D eigenvalue weighted by molar-refractivity contribution is -0.384. The van der Waals surface area contributed by atoms with Crippen LogP contribution < -0.4 is 10.2 Å². The van der Waals surface area contributed by atoms with Crippen molar-refractivity contribution < 1.29 is 14.5 Å². The van der Waals surface area contributed by atoms with Crippen molar-refractivity contribution in [2.75, 3.05) is 0 Å². The van der Waals surface area contributed by atoms with Crippen molar-refractivity contribution in [1.29, 1.82) is 0 Å². The van der Waals surface area contributed by atoms with E-state index in [0.29, 0.717) is 17.2 Å². The fourth-order valence-electron chi connectivity index (χ4n) is 2.33. The summed E-state index contributed by atoms with van der Waals surface area (Å²) in [4.78, 5) is 22.5. The Kier molecular flexibility index (Phi) is 6.65. The van der Waals surface area contributed by atoms with Crippen LogP contribution in [0.15, 0.2) is 47.6 Å². The second-order valence-corrected chi connectivity index (χ2v) is 6.53. The predicted octanol–water partition coefficient (Wildman–Crippen LogP) is 3.94. The Balaban J connectivity index is 1.99. The molecular formula is C20H23N3O4. The van der Waals surface area contributed by atoms with Gasteiger partial charge in [-0.25, -0.2) is 5.43 Å². The van der Waals surface area contributed by atoms with Gasteiger partial charge in [0, 0.05) is 17.7 Å². The summed E-state index contributed by atoms with van der Waals surface area (Å²) in [6.45, 7) is 7.74. The highest BCUT2D eigenvalue weighted by Gasteiger charge is 2.16. The van der Waals surface area contributed by atoms with E-state index in [-0.39, 0.29) is 5.69 Å². The van der Waals surface area contributed by atoms with E-state index in [4.69, 9.17) is 4.74 Å². The number of carbonyl (C=O) groups is 1. The Bertz CT molecular complexity index is 862. The molecule has 0 radical (unpaired) electrons. The molecule has 0 heterocycles. The highest BCUT2D eigenvalue weighted by Crippen LogP contribution is 2.25. The van der Waals surface area contributed by atoms with Crippen LogP contribution in [-0.2, 0) is 4.79 Å². The third-order valence-corrected chi connectivity index (χ3v) is 4.02. The number of nitrogens with one attached hydrogen (secondary N) is 1. The van der Waals surface area contributed by atoms with Gasteiger partial charge in [-0.2, -0.15) is 5.10 Å². The number of benzene rings is 2. The summed E-state index contributed by atoms with van der Waals surface area (Å²) in [6, 6.07) is 11.9. The molecule has 0 aliphatic carbocycles. The minimum Gasteiger partial charge on any atom is -0.481 e. The fraction of sp³-hybridized carbons (Fsp3) is 0.300. The average Bonchev–Trinajstić information content (AvgIpc) is 2.63. The van der Waals surface area contributed by atoms with Gasteiger partial charge in [0.05, 0.1) is 11.1 Å². The van der Waals surface area contributed by atoms with Gasteiger partial charge in [-0.1, -0.05) is 38.1 Å². The normalized spacial score (nSPS) is 12.2. The molecule has 1 amide bonds. The molecule has 0 fully saturated rings. The van der Waals surface area contributed by atoms with Crippen molar-refractivity contribution in [2.24, 2.45) is 5.10 Å². The number of hydrogen-bond acceptors (Lipinski definition) is 5. The van der Waals surface area contributed by atoms with Gasteiger partial charge < -0.3 is 4.74 Å². The van der Waals surface area contributed by atoms with E-state index >= 15 is 0 Å². The number of aryl methyl sites for hydroxylation is 1. The maximum Gasteiger partial charge on any atom is 0.280 e. The van der Waals surface area contributed by atoms with Gasteiger partial charge in [0.2, 0.25) is 0 Å². The standard InChI is InChI=1S/C20H23N3O4/c1-13(2)17-9-8-14(3)19(11-17)27-15(4)20(24)22-21-12-16-6-5-7-18(10-16)23(25)26/h5-13,15H,1-4H3,(H,22,24)/b21-12+/t15-/m1/s1. The van der Waals surface area contributed by atoms with Crippen molar-refractivity contribution in [1.82, 2.24) is 5.43 Å². The number of hydrazone groups is 1. The van der Waals surface area contributed by atoms with Gasteiger partial charge in [0.15, 0.2) is 6.10 Å². The molecule has 1 atom stereocenters. The van der Waals surface area contributed by atoms with Crippen LogP contribution in [0.25, 0.3) is 0 Å². The number of nitro benzene ring substituents is 1. The van der Waals surface area contributed by atoms with Crippen LogP contribution in [0, 0.1) is 17.0 Å². The zero-order valence-electron chi connectivity index (χ0n) is 15.8. The van der Waals surface area contributed by atoms with Crippen LogP contribution in [0.5, 0.6) is 5.75 Å². The Morgan fingerprint density at radius 3 is 2.63 bits per heavy atom. The Morgan fingerprint density at radius 2 is 1.96 bits per heavy atom. The Morgan fingerprint density at radius 1 is 1.22 bits per heavy atom. The number of rotatable bonds is 7. The summed E-state index contributed by atoms with van der Waals surface area (Å²) in [7, 11) is 0. The smallest absolute Gasteiger partial charge is 0.280 e. The van der Waals surface area contributed by atoms with E-state index in [0.717, 1.165) is 11.1 Å². The summed E-state index contributed by atoms with van der Waals surface area (Å²) in [5.74, 6) is 0.606. The number of non-ortho nitro benzene ring substituents is 1. The lowest BCUT2D eigenvalue weighted by Gasteiger charge is -2.16. The van der Waals surface area contributed by atoms with Gasteiger partial charge in [-0.15, -0.1) is 0 Å². The molecule has 142 valence electrons. The van der Waals surface area contributed by atoms with Gasteiger partial charge >= 0.3 is 0 Å². The molecule has 1 N–H and O–H groups in total. The number of ether oxygens (including phenoxy) is 1. The second-order valence-electron chi connectivity index (χ2n) is 6.53. The van der Waals surface area contributed by atoms with Crippen molar-refractivity contribution in [3.05, 3.63) is 69.3 Å². The lowest BCUT2D eigenvalue weighted by Crippen LogP contribution is -2.33. The topological polar surface area (TPSA) is 93.8 Å². The number of amides is 1. The summed E-state index contributed by atoms with van der Waals surface area (Å²) >= 11 is 0. The van der Waals surface area contributed by atoms with E-state index in [1.54, 1.807) is 19.1 Å². The minimum atomic E-state index is -0.742. The Labute approximate surface area is 158 Å². The molecule has 2 rings (SSSR count). The van der Waals surface area contributed by atoms with E-state index < -0.39 is 16.9 Å². The summed E-state index contributed by atoms with van der Waals surface area (Å²) in [5.41, 5.74) is 4.94. The highest BCUT2D eigenvalue weighted by molar-refractivity contribution is 5.84. The number of hydrogen-bond donors (Lipinski definition) is 1. The van der Waals surface area contributed by atoms with Crippen LogP contribution in [0.4, 0.5) is 5.69 Å². The van der Waals surface area contributed by atoms with Crippen LogP contribution in [0.3, 0.4) is 0 Å². The molecule has 0 unspecified atom stereocenters. The van der Waals surface area contributed by atoms with E-state index in [2.05, 4.69) is 24.4 Å². The fourth-order valence-corrected chi connectivity index (χ4v) is 2.33. The first-order valence-electron chi connectivity index (χ1n) is 8.62. The van der Waals surface area contributed by atoms with E-state index in [1.165, 1.54) is 18.3 Å². The van der Waals surface area contributed by atoms with Gasteiger partial charge in [-0.3, -0.25) is 14.9 Å². The first kappa shape index (κ1) is 20.1. The highest BCUT2D eigenvalue weighted by atomic mass is 16.6. The summed E-state index contributed by atoms with van der Waals surface area (Å²) in [6.07, 6.45) is 0.607. The van der Waals surface area contributed by atoms with Gasteiger partial charge in [0.1, 0.15) is 5.75 Å². The molecule has 0 aliphatic heterocycles. The maximum atomic E-state index is 12.2. The van der Waals surface area contributed by atoms with Gasteiger partial charge in [-0.05, 0) is 37.0 Å². The van der Waals surface area contributed by atoms with Crippen molar-refractivity contribution in [3.8, 4) is 5.75 Å². The first-order chi connectivity index (χ1) is 12.8. The second kappa shape index (κ2) is 8.93. The number of nitrogens with zero attached hydrogens (tertiary/aromatic N) is 2. The number of nitro groups is 1. The molecule has 0 aliphatic rings. The molecule has 0 spiro atoms. The minimum absolute atomic E-state index is 0.0394. The number of carbonyl (C=O) groups excluding carboxylic acids is 1. The molecular weight excluding hydrogens is 346 g/mol. The zero-order valence-corrected chi connectivity index (χ0v) is 15.8. The molecule has 0 aromatic heterocycles. The molecule has 7 nitrogen and oxygen atoms in total. The maximum absolute atomic E-state index is 12.2. The molecule has 2 aromatic rings. The van der Waals surface area contributed by atoms with Gasteiger partial charge in [0.25, 0.3) is 11.6 Å². The Hall–Kier alpha value is -3.22. The SMILES string of the molecule is Cc1ccc(C(C)C)cc1O[C@H](C)C(=O)N/N=C/c1cccc([N+](=O)[O-])c1. The zero-order chi connectivity index (χ0) is 20.0. The largest absolute Gasteiger partial charge is 0.481 e. The summed E-state index contributed by atoms with van der Waals surface area (Å²) in [5, 5.41) is 14.6. The van der Waals surface area contributed by atoms with Crippen LogP contribution >= 0.6 is 0 Å².